The van der Waals surface area contributed by atoms with Crippen LogP contribution >= 0.6 is 43.5 Å². The standard InChI is InChI=1S/C10H5Br2ClN2O2/c11-6-2-1-4(13)3-5(6)8-14-9(16)7(12)10(17)15-8/h1-3H,(H2,14,15,16,17). The number of halogens is 3. The zero-order valence-corrected chi connectivity index (χ0v) is 12.1. The Morgan fingerprint density at radius 2 is 2.06 bits per heavy atom. The van der Waals surface area contributed by atoms with Gasteiger partial charge in [0.1, 0.15) is 10.3 Å². The number of aromatic amines is 1. The van der Waals surface area contributed by atoms with E-state index in [1.54, 1.807) is 18.2 Å². The summed E-state index contributed by atoms with van der Waals surface area (Å²) >= 11 is 12.1. The van der Waals surface area contributed by atoms with Crippen LogP contribution in [0.2, 0.25) is 5.02 Å². The van der Waals surface area contributed by atoms with Gasteiger partial charge in [0.25, 0.3) is 5.56 Å². The number of aromatic nitrogens is 2. The second-order valence-corrected chi connectivity index (χ2v) is 5.26. The van der Waals surface area contributed by atoms with Crippen LogP contribution in [0, 0.1) is 0 Å². The molecule has 0 atom stereocenters. The zero-order valence-electron chi connectivity index (χ0n) is 8.17. The molecule has 4 nitrogen and oxygen atoms in total. The molecule has 0 aliphatic carbocycles. The molecule has 88 valence electrons. The van der Waals surface area contributed by atoms with Crippen molar-refractivity contribution in [3.8, 4) is 17.3 Å². The van der Waals surface area contributed by atoms with Crippen LogP contribution in [0.1, 0.15) is 0 Å². The molecular formula is C10H5Br2ClN2O2. The highest BCUT2D eigenvalue weighted by molar-refractivity contribution is 9.11. The van der Waals surface area contributed by atoms with Crippen molar-refractivity contribution in [2.24, 2.45) is 0 Å². The lowest BCUT2D eigenvalue weighted by Crippen LogP contribution is -2.09. The highest BCUT2D eigenvalue weighted by atomic mass is 79.9. The van der Waals surface area contributed by atoms with Crippen LogP contribution in [-0.2, 0) is 0 Å². The van der Waals surface area contributed by atoms with Crippen molar-refractivity contribution in [2.75, 3.05) is 0 Å². The van der Waals surface area contributed by atoms with Crippen molar-refractivity contribution >= 4 is 43.5 Å². The molecule has 0 unspecified atom stereocenters. The summed E-state index contributed by atoms with van der Waals surface area (Å²) < 4.78 is 0.714. The van der Waals surface area contributed by atoms with E-state index >= 15 is 0 Å². The Morgan fingerprint density at radius 1 is 1.35 bits per heavy atom. The summed E-state index contributed by atoms with van der Waals surface area (Å²) in [5, 5.41) is 9.98. The molecule has 0 amide bonds. The van der Waals surface area contributed by atoms with Crippen molar-refractivity contribution < 1.29 is 5.11 Å². The molecule has 2 N–H and O–H groups in total. The molecule has 2 aromatic rings. The molecule has 1 aromatic heterocycles. The SMILES string of the molecule is O=c1[nH]c(-c2cc(Cl)ccc2Br)nc(O)c1Br. The van der Waals surface area contributed by atoms with Crippen molar-refractivity contribution in [3.05, 3.63) is 42.5 Å². The minimum atomic E-state index is -0.459. The van der Waals surface area contributed by atoms with Crippen LogP contribution in [0.5, 0.6) is 5.88 Å². The third kappa shape index (κ3) is 2.53. The number of hydrogen-bond acceptors (Lipinski definition) is 3. The average molecular weight is 380 g/mol. The van der Waals surface area contributed by atoms with Gasteiger partial charge in [-0.3, -0.25) is 4.79 Å². The van der Waals surface area contributed by atoms with E-state index in [9.17, 15) is 9.90 Å². The molecule has 0 radical (unpaired) electrons. The van der Waals surface area contributed by atoms with Crippen LogP contribution in [0.4, 0.5) is 0 Å². The number of rotatable bonds is 1. The summed E-state index contributed by atoms with van der Waals surface area (Å²) in [6.07, 6.45) is 0. The van der Waals surface area contributed by atoms with E-state index in [-0.39, 0.29) is 16.2 Å². The minimum absolute atomic E-state index is 0.000555. The molecule has 0 saturated heterocycles. The summed E-state index contributed by atoms with van der Waals surface area (Å²) in [4.78, 5) is 17.9. The van der Waals surface area contributed by atoms with Gasteiger partial charge in [0, 0.05) is 15.1 Å². The largest absolute Gasteiger partial charge is 0.492 e. The molecule has 1 heterocycles. The van der Waals surface area contributed by atoms with Gasteiger partial charge in [-0.05, 0) is 34.1 Å². The van der Waals surface area contributed by atoms with Gasteiger partial charge in [0.15, 0.2) is 0 Å². The summed E-state index contributed by atoms with van der Waals surface area (Å²) in [7, 11) is 0. The van der Waals surface area contributed by atoms with Gasteiger partial charge in [-0.15, -0.1) is 0 Å². The fourth-order valence-electron chi connectivity index (χ4n) is 1.25. The molecule has 1 aromatic carbocycles. The van der Waals surface area contributed by atoms with Crippen LogP contribution in [-0.4, -0.2) is 15.1 Å². The first-order chi connectivity index (χ1) is 7.99. The van der Waals surface area contributed by atoms with E-state index < -0.39 is 5.56 Å². The van der Waals surface area contributed by atoms with E-state index in [1.807, 2.05) is 0 Å². The Labute approximate surface area is 118 Å². The van der Waals surface area contributed by atoms with Crippen LogP contribution in [0.15, 0.2) is 31.9 Å². The second kappa shape index (κ2) is 4.80. The van der Waals surface area contributed by atoms with E-state index in [0.717, 1.165) is 0 Å². The Kier molecular flexibility index (Phi) is 3.56. The van der Waals surface area contributed by atoms with Crippen LogP contribution in [0.25, 0.3) is 11.4 Å². The van der Waals surface area contributed by atoms with Gasteiger partial charge in [0.05, 0.1) is 0 Å². The molecule has 0 spiro atoms. The third-order valence-corrected chi connectivity index (χ3v) is 3.67. The lowest BCUT2D eigenvalue weighted by atomic mass is 10.2. The number of hydrogen-bond donors (Lipinski definition) is 2. The first-order valence-corrected chi connectivity index (χ1v) is 6.39. The molecule has 7 heteroatoms. The first kappa shape index (κ1) is 12.6. The highest BCUT2D eigenvalue weighted by Crippen LogP contribution is 2.29. The maximum absolute atomic E-state index is 11.5. The number of H-pyrrole nitrogens is 1. The van der Waals surface area contributed by atoms with Gasteiger partial charge in [-0.2, -0.15) is 4.98 Å². The number of benzene rings is 1. The van der Waals surface area contributed by atoms with E-state index in [1.165, 1.54) is 0 Å². The Balaban J connectivity index is 2.69. The lowest BCUT2D eigenvalue weighted by molar-refractivity contribution is 0.448. The van der Waals surface area contributed by atoms with Crippen molar-refractivity contribution in [1.29, 1.82) is 0 Å². The number of nitrogens with zero attached hydrogens (tertiary/aromatic N) is 1. The lowest BCUT2D eigenvalue weighted by Gasteiger charge is -2.05. The van der Waals surface area contributed by atoms with Crippen LogP contribution < -0.4 is 5.56 Å². The Bertz CT molecular complexity index is 643. The second-order valence-electron chi connectivity index (χ2n) is 3.18. The summed E-state index contributed by atoms with van der Waals surface area (Å²) in [6, 6.07) is 5.07. The fraction of sp³-hybridized carbons (Fsp3) is 0. The van der Waals surface area contributed by atoms with Gasteiger partial charge in [-0.1, -0.05) is 27.5 Å². The first-order valence-electron chi connectivity index (χ1n) is 4.43. The zero-order chi connectivity index (χ0) is 12.6. The monoisotopic (exact) mass is 378 g/mol. The number of aromatic hydroxyl groups is 1. The summed E-state index contributed by atoms with van der Waals surface area (Å²) in [5.41, 5.74) is 0.136. The van der Waals surface area contributed by atoms with E-state index in [2.05, 4.69) is 41.8 Å². The van der Waals surface area contributed by atoms with Crippen molar-refractivity contribution in [1.82, 2.24) is 9.97 Å². The summed E-state index contributed by atoms with van der Waals surface area (Å²) in [5.74, 6) is -0.124. The smallest absolute Gasteiger partial charge is 0.269 e. The molecule has 0 aliphatic heterocycles. The fourth-order valence-corrected chi connectivity index (χ4v) is 2.05. The van der Waals surface area contributed by atoms with Crippen LogP contribution in [0.3, 0.4) is 0 Å². The quantitative estimate of drug-likeness (QED) is 0.798. The average Bonchev–Trinajstić information content (AvgIpc) is 2.28. The van der Waals surface area contributed by atoms with Crippen molar-refractivity contribution in [3.63, 3.8) is 0 Å². The minimum Gasteiger partial charge on any atom is -0.492 e. The molecule has 0 saturated carbocycles. The van der Waals surface area contributed by atoms with Crippen molar-refractivity contribution in [2.45, 2.75) is 0 Å². The Morgan fingerprint density at radius 3 is 2.71 bits per heavy atom. The van der Waals surface area contributed by atoms with E-state index in [4.69, 9.17) is 11.6 Å². The predicted octanol–water partition coefficient (Wildman–Crippen LogP) is 3.32. The van der Waals surface area contributed by atoms with Gasteiger partial charge in [0.2, 0.25) is 5.88 Å². The third-order valence-electron chi connectivity index (χ3n) is 2.03. The Hall–Kier alpha value is -0.850. The molecule has 0 bridgehead atoms. The molecule has 17 heavy (non-hydrogen) atoms. The van der Waals surface area contributed by atoms with Gasteiger partial charge >= 0.3 is 0 Å². The maximum atomic E-state index is 11.5. The summed E-state index contributed by atoms with van der Waals surface area (Å²) in [6.45, 7) is 0. The topological polar surface area (TPSA) is 66.0 Å². The predicted molar refractivity (Wildman–Crippen MR) is 72.4 cm³/mol. The molecule has 0 aliphatic rings. The molecular weight excluding hydrogens is 375 g/mol. The normalized spacial score (nSPS) is 10.5. The van der Waals surface area contributed by atoms with Gasteiger partial charge in [-0.25, -0.2) is 0 Å². The maximum Gasteiger partial charge on any atom is 0.269 e. The number of nitrogens with one attached hydrogen (secondary N) is 1. The molecule has 2 rings (SSSR count). The van der Waals surface area contributed by atoms with E-state index in [0.29, 0.717) is 15.1 Å². The highest BCUT2D eigenvalue weighted by Gasteiger charge is 2.11. The molecule has 0 fully saturated rings. The van der Waals surface area contributed by atoms with Gasteiger partial charge < -0.3 is 10.1 Å².